The van der Waals surface area contributed by atoms with Crippen molar-refractivity contribution >= 4 is 11.8 Å². The second-order valence-electron chi connectivity index (χ2n) is 6.53. The number of para-hydroxylation sites is 1. The molecule has 0 radical (unpaired) electrons. The Labute approximate surface area is 159 Å². The molecule has 3 rings (SSSR count). The smallest absolute Gasteiger partial charge is 0.255 e. The van der Waals surface area contributed by atoms with Gasteiger partial charge in [-0.15, -0.1) is 0 Å². The molecule has 1 fully saturated rings. The van der Waals surface area contributed by atoms with Gasteiger partial charge in [0.1, 0.15) is 5.75 Å². The van der Waals surface area contributed by atoms with E-state index >= 15 is 0 Å². The van der Waals surface area contributed by atoms with Crippen LogP contribution in [0.2, 0.25) is 0 Å². The van der Waals surface area contributed by atoms with Crippen molar-refractivity contribution in [3.63, 3.8) is 0 Å². The van der Waals surface area contributed by atoms with Crippen molar-refractivity contribution in [1.82, 2.24) is 14.8 Å². The van der Waals surface area contributed by atoms with E-state index in [1.165, 1.54) is 0 Å². The number of pyridine rings is 1. The first kappa shape index (κ1) is 18.9. The normalized spacial score (nSPS) is 14.5. The fraction of sp³-hybridized carbons (Fsp3) is 0.381. The number of nitrogens with zero attached hydrogens (tertiary/aromatic N) is 3. The summed E-state index contributed by atoms with van der Waals surface area (Å²) >= 11 is 0. The molecule has 1 saturated heterocycles. The Morgan fingerprint density at radius 2 is 1.74 bits per heavy atom. The maximum Gasteiger partial charge on any atom is 0.255 e. The summed E-state index contributed by atoms with van der Waals surface area (Å²) in [5.74, 6) is 0.931. The van der Waals surface area contributed by atoms with Gasteiger partial charge < -0.3 is 14.5 Å². The Hall–Kier alpha value is -2.89. The number of carbonyl (C=O) groups is 2. The number of rotatable bonds is 6. The van der Waals surface area contributed by atoms with Gasteiger partial charge in [-0.3, -0.25) is 14.6 Å². The van der Waals surface area contributed by atoms with Crippen LogP contribution in [0, 0.1) is 0 Å². The number of ether oxygens (including phenoxy) is 1. The predicted molar refractivity (Wildman–Crippen MR) is 103 cm³/mol. The van der Waals surface area contributed by atoms with Gasteiger partial charge in [0.25, 0.3) is 5.91 Å². The summed E-state index contributed by atoms with van der Waals surface area (Å²) < 4.78 is 5.64. The van der Waals surface area contributed by atoms with Crippen molar-refractivity contribution in [3.8, 4) is 5.75 Å². The highest BCUT2D eigenvalue weighted by atomic mass is 16.5. The van der Waals surface area contributed by atoms with Gasteiger partial charge >= 0.3 is 0 Å². The molecule has 0 aliphatic carbocycles. The van der Waals surface area contributed by atoms with Gasteiger partial charge in [0.2, 0.25) is 5.91 Å². The molecule has 2 amide bonds. The average Bonchev–Trinajstić information content (AvgIpc) is 2.98. The van der Waals surface area contributed by atoms with Crippen LogP contribution in [-0.2, 0) is 4.79 Å². The summed E-state index contributed by atoms with van der Waals surface area (Å²) in [6.45, 7) is 3.00. The molecule has 1 aromatic heterocycles. The van der Waals surface area contributed by atoms with Crippen LogP contribution < -0.4 is 4.74 Å². The van der Waals surface area contributed by atoms with Crippen molar-refractivity contribution in [3.05, 3.63) is 60.4 Å². The molecule has 27 heavy (non-hydrogen) atoms. The van der Waals surface area contributed by atoms with Crippen LogP contribution >= 0.6 is 0 Å². The lowest BCUT2D eigenvalue weighted by atomic mass is 10.2. The summed E-state index contributed by atoms with van der Waals surface area (Å²) in [7, 11) is 0. The molecule has 0 unspecified atom stereocenters. The highest BCUT2D eigenvalue weighted by Gasteiger charge is 2.22. The second kappa shape index (κ2) is 9.71. The maximum absolute atomic E-state index is 12.5. The van der Waals surface area contributed by atoms with E-state index in [4.69, 9.17) is 4.74 Å². The highest BCUT2D eigenvalue weighted by Crippen LogP contribution is 2.11. The quantitative estimate of drug-likeness (QED) is 0.737. The molecule has 0 N–H and O–H groups in total. The van der Waals surface area contributed by atoms with Gasteiger partial charge in [-0.05, 0) is 37.1 Å². The SMILES string of the molecule is O=C(CCCOc1ccccc1)N1CCCN(C(=O)c2cccnc2)CC1. The number of carbonyl (C=O) groups excluding carboxylic acids is 2. The summed E-state index contributed by atoms with van der Waals surface area (Å²) in [5, 5.41) is 0. The van der Waals surface area contributed by atoms with E-state index in [9.17, 15) is 9.59 Å². The lowest BCUT2D eigenvalue weighted by Gasteiger charge is -2.22. The van der Waals surface area contributed by atoms with E-state index < -0.39 is 0 Å². The molecule has 2 heterocycles. The van der Waals surface area contributed by atoms with Crippen molar-refractivity contribution in [2.45, 2.75) is 19.3 Å². The summed E-state index contributed by atoms with van der Waals surface area (Å²) in [5.41, 5.74) is 0.593. The summed E-state index contributed by atoms with van der Waals surface area (Å²) in [6.07, 6.45) is 5.17. The van der Waals surface area contributed by atoms with Gasteiger partial charge in [0.05, 0.1) is 12.2 Å². The molecule has 1 aliphatic rings. The number of hydrogen-bond donors (Lipinski definition) is 0. The molecule has 1 aromatic carbocycles. The monoisotopic (exact) mass is 367 g/mol. The Morgan fingerprint density at radius 1 is 0.963 bits per heavy atom. The van der Waals surface area contributed by atoms with E-state index in [0.29, 0.717) is 51.2 Å². The van der Waals surface area contributed by atoms with Crippen LogP contribution in [-0.4, -0.2) is 59.4 Å². The average molecular weight is 367 g/mol. The first-order valence-electron chi connectivity index (χ1n) is 9.39. The van der Waals surface area contributed by atoms with E-state index in [2.05, 4.69) is 4.98 Å². The molecular weight excluding hydrogens is 342 g/mol. The molecule has 6 nitrogen and oxygen atoms in total. The van der Waals surface area contributed by atoms with Crippen LogP contribution in [0.5, 0.6) is 5.75 Å². The van der Waals surface area contributed by atoms with E-state index in [1.54, 1.807) is 24.5 Å². The van der Waals surface area contributed by atoms with E-state index in [1.807, 2.05) is 40.1 Å². The fourth-order valence-electron chi connectivity index (χ4n) is 3.13. The Bertz CT molecular complexity index is 737. The van der Waals surface area contributed by atoms with Gasteiger partial charge in [0.15, 0.2) is 0 Å². The fourth-order valence-corrected chi connectivity index (χ4v) is 3.13. The molecular formula is C21H25N3O3. The van der Waals surface area contributed by atoms with Crippen molar-refractivity contribution < 1.29 is 14.3 Å². The third-order valence-corrected chi connectivity index (χ3v) is 4.59. The minimum Gasteiger partial charge on any atom is -0.494 e. The molecule has 6 heteroatoms. The first-order chi connectivity index (χ1) is 13.2. The first-order valence-corrected chi connectivity index (χ1v) is 9.39. The third-order valence-electron chi connectivity index (χ3n) is 4.59. The lowest BCUT2D eigenvalue weighted by Crippen LogP contribution is -2.37. The summed E-state index contributed by atoms with van der Waals surface area (Å²) in [4.78, 5) is 32.7. The zero-order valence-corrected chi connectivity index (χ0v) is 15.4. The Kier molecular flexibility index (Phi) is 6.79. The molecule has 0 bridgehead atoms. The van der Waals surface area contributed by atoms with Gasteiger partial charge in [0, 0.05) is 45.0 Å². The van der Waals surface area contributed by atoms with Gasteiger partial charge in [-0.1, -0.05) is 18.2 Å². The minimum atomic E-state index is -0.0198. The van der Waals surface area contributed by atoms with Crippen molar-refractivity contribution in [1.29, 1.82) is 0 Å². The van der Waals surface area contributed by atoms with Crippen LogP contribution in [0.3, 0.4) is 0 Å². The predicted octanol–water partition coefficient (Wildman–Crippen LogP) is 2.62. The van der Waals surface area contributed by atoms with Crippen molar-refractivity contribution in [2.75, 3.05) is 32.8 Å². The zero-order chi connectivity index (χ0) is 18.9. The third kappa shape index (κ3) is 5.54. The number of hydrogen-bond acceptors (Lipinski definition) is 4. The van der Waals surface area contributed by atoms with Crippen LogP contribution in [0.15, 0.2) is 54.9 Å². The van der Waals surface area contributed by atoms with Gasteiger partial charge in [-0.25, -0.2) is 0 Å². The minimum absolute atomic E-state index is 0.0198. The number of aromatic nitrogens is 1. The number of amides is 2. The van der Waals surface area contributed by atoms with E-state index in [-0.39, 0.29) is 11.8 Å². The summed E-state index contributed by atoms with van der Waals surface area (Å²) in [6, 6.07) is 13.1. The van der Waals surface area contributed by atoms with Crippen molar-refractivity contribution in [2.24, 2.45) is 0 Å². The van der Waals surface area contributed by atoms with Crippen LogP contribution in [0.1, 0.15) is 29.6 Å². The molecule has 0 saturated carbocycles. The molecule has 0 spiro atoms. The van der Waals surface area contributed by atoms with Gasteiger partial charge in [-0.2, -0.15) is 0 Å². The maximum atomic E-state index is 12.5. The van der Waals surface area contributed by atoms with Crippen LogP contribution in [0.25, 0.3) is 0 Å². The molecule has 1 aliphatic heterocycles. The highest BCUT2D eigenvalue weighted by molar-refractivity contribution is 5.93. The number of benzene rings is 1. The lowest BCUT2D eigenvalue weighted by molar-refractivity contribution is -0.131. The Balaban J connectivity index is 1.42. The zero-order valence-electron chi connectivity index (χ0n) is 15.4. The largest absolute Gasteiger partial charge is 0.494 e. The topological polar surface area (TPSA) is 62.7 Å². The molecule has 142 valence electrons. The molecule has 0 atom stereocenters. The second-order valence-corrected chi connectivity index (χ2v) is 6.53. The Morgan fingerprint density at radius 3 is 2.52 bits per heavy atom. The van der Waals surface area contributed by atoms with E-state index in [0.717, 1.165) is 12.2 Å². The molecule has 2 aromatic rings. The van der Waals surface area contributed by atoms with Crippen LogP contribution in [0.4, 0.5) is 0 Å². The standard InChI is InChI=1S/C21H25N3O3/c25-20(10-5-16-27-19-8-2-1-3-9-19)23-12-6-13-24(15-14-23)21(26)18-7-4-11-22-17-18/h1-4,7-9,11,17H,5-6,10,12-16H2.